The van der Waals surface area contributed by atoms with Gasteiger partial charge in [-0.3, -0.25) is 9.69 Å². The first kappa shape index (κ1) is 22.3. The van der Waals surface area contributed by atoms with E-state index in [1.54, 1.807) is 25.1 Å². The van der Waals surface area contributed by atoms with Gasteiger partial charge in [0, 0.05) is 19.0 Å². The number of fused-ring (bicyclic) bond motifs is 1. The monoisotopic (exact) mass is 489 g/mol. The lowest BCUT2D eigenvalue weighted by molar-refractivity contribution is -0.132. The van der Waals surface area contributed by atoms with Crippen LogP contribution in [0.1, 0.15) is 43.4 Å². The molecule has 2 fully saturated rings. The van der Waals surface area contributed by atoms with Crippen LogP contribution in [0.5, 0.6) is 11.5 Å². The van der Waals surface area contributed by atoms with Crippen molar-refractivity contribution < 1.29 is 19.1 Å². The Labute approximate surface area is 202 Å². The molecule has 3 amide bonds. The zero-order valence-corrected chi connectivity index (χ0v) is 19.8. The number of ether oxygens (including phenoxy) is 2. The van der Waals surface area contributed by atoms with Gasteiger partial charge in [-0.1, -0.05) is 35.3 Å². The Kier molecular flexibility index (Phi) is 5.89. The predicted molar refractivity (Wildman–Crippen MR) is 125 cm³/mol. The van der Waals surface area contributed by atoms with Crippen molar-refractivity contribution in [3.63, 3.8) is 0 Å². The third-order valence-corrected chi connectivity index (χ3v) is 7.35. The minimum Gasteiger partial charge on any atom is -0.490 e. The molecule has 0 spiro atoms. The number of urea groups is 1. The fraction of sp³-hybridized carbons (Fsp3) is 0.417. The van der Waals surface area contributed by atoms with E-state index in [9.17, 15) is 9.59 Å². The summed E-state index contributed by atoms with van der Waals surface area (Å²) in [5.41, 5.74) is 0.491. The van der Waals surface area contributed by atoms with Gasteiger partial charge in [0.25, 0.3) is 5.91 Å². The number of nitrogens with zero attached hydrogens (tertiary/aromatic N) is 2. The van der Waals surface area contributed by atoms with Crippen molar-refractivity contribution in [1.29, 1.82) is 0 Å². The van der Waals surface area contributed by atoms with Gasteiger partial charge >= 0.3 is 6.03 Å². The highest BCUT2D eigenvalue weighted by molar-refractivity contribution is 6.42. The van der Waals surface area contributed by atoms with Crippen molar-refractivity contribution >= 4 is 35.1 Å². The quantitative estimate of drug-likeness (QED) is 0.629. The highest BCUT2D eigenvalue weighted by Gasteiger charge is 2.50. The van der Waals surface area contributed by atoms with Crippen LogP contribution in [0, 0.1) is 0 Å². The molecule has 7 nitrogen and oxygen atoms in total. The number of carbonyl (C=O) groups excluding carboxylic acids is 2. The minimum atomic E-state index is -1.20. The van der Waals surface area contributed by atoms with Gasteiger partial charge in [0.15, 0.2) is 11.5 Å². The molecular weight excluding hydrogens is 465 g/mol. The van der Waals surface area contributed by atoms with Gasteiger partial charge in [-0.05, 0) is 55.2 Å². The van der Waals surface area contributed by atoms with Crippen LogP contribution in [0.25, 0.3) is 0 Å². The van der Waals surface area contributed by atoms with E-state index >= 15 is 0 Å². The van der Waals surface area contributed by atoms with Crippen molar-refractivity contribution in [2.75, 3.05) is 26.4 Å². The van der Waals surface area contributed by atoms with Crippen LogP contribution < -0.4 is 14.8 Å². The number of likely N-dealkylation sites (tertiary alicyclic amines) is 1. The number of nitrogens with one attached hydrogen (secondary N) is 1. The van der Waals surface area contributed by atoms with Gasteiger partial charge in [0.05, 0.1) is 29.9 Å². The molecule has 0 saturated carbocycles. The number of halogens is 2. The fourth-order valence-corrected chi connectivity index (χ4v) is 5.07. The molecule has 0 radical (unpaired) electrons. The Balaban J connectivity index is 1.36. The first-order valence-electron chi connectivity index (χ1n) is 11.1. The average molecular weight is 490 g/mol. The Hall–Kier alpha value is -2.48. The van der Waals surface area contributed by atoms with Crippen LogP contribution in [-0.2, 0) is 10.3 Å². The number of carbonyl (C=O) groups is 2. The first-order valence-corrected chi connectivity index (χ1v) is 11.9. The molecular formula is C24H25Cl2N3O4. The predicted octanol–water partition coefficient (Wildman–Crippen LogP) is 4.72. The third-order valence-electron chi connectivity index (χ3n) is 6.61. The lowest BCUT2D eigenvalue weighted by Crippen LogP contribution is -2.43. The summed E-state index contributed by atoms with van der Waals surface area (Å²) in [5.74, 6) is 1.20. The molecule has 2 saturated heterocycles. The number of amides is 3. The Morgan fingerprint density at radius 2 is 1.82 bits per heavy atom. The number of hydrogen-bond acceptors (Lipinski definition) is 5. The minimum absolute atomic E-state index is 0.0829. The Morgan fingerprint density at radius 1 is 1.03 bits per heavy atom. The first-order chi connectivity index (χ1) is 15.9. The number of imide groups is 1. The van der Waals surface area contributed by atoms with E-state index in [4.69, 9.17) is 32.7 Å². The van der Waals surface area contributed by atoms with Crippen LogP contribution in [0.4, 0.5) is 4.79 Å². The molecule has 9 heteroatoms. The smallest absolute Gasteiger partial charge is 0.326 e. The van der Waals surface area contributed by atoms with Crippen LogP contribution in [-0.4, -0.2) is 48.2 Å². The second-order valence-electron chi connectivity index (χ2n) is 8.79. The van der Waals surface area contributed by atoms with Gasteiger partial charge in [0.2, 0.25) is 0 Å². The molecule has 1 N–H and O–H groups in total. The van der Waals surface area contributed by atoms with Crippen LogP contribution in [0.3, 0.4) is 0 Å². The molecule has 2 aromatic carbocycles. The molecule has 0 aliphatic carbocycles. The molecule has 3 aliphatic rings. The Bertz CT molecular complexity index is 1110. The maximum absolute atomic E-state index is 13.4. The second-order valence-corrected chi connectivity index (χ2v) is 9.60. The maximum Gasteiger partial charge on any atom is 0.326 e. The van der Waals surface area contributed by atoms with E-state index < -0.39 is 11.6 Å². The molecule has 3 aliphatic heterocycles. The average Bonchev–Trinajstić information content (AvgIpc) is 3.24. The number of benzene rings is 2. The van der Waals surface area contributed by atoms with Crippen LogP contribution in [0.2, 0.25) is 10.0 Å². The van der Waals surface area contributed by atoms with Crippen molar-refractivity contribution in [2.24, 2.45) is 0 Å². The maximum atomic E-state index is 13.4. The lowest BCUT2D eigenvalue weighted by Gasteiger charge is -2.29. The molecule has 33 heavy (non-hydrogen) atoms. The van der Waals surface area contributed by atoms with Gasteiger partial charge in [0.1, 0.15) is 5.54 Å². The van der Waals surface area contributed by atoms with Gasteiger partial charge < -0.3 is 14.8 Å². The second kappa shape index (κ2) is 8.70. The Morgan fingerprint density at radius 3 is 2.61 bits per heavy atom. The van der Waals surface area contributed by atoms with Crippen molar-refractivity contribution in [1.82, 2.24) is 15.1 Å². The summed E-state index contributed by atoms with van der Waals surface area (Å²) in [7, 11) is 0. The van der Waals surface area contributed by atoms with Crippen LogP contribution in [0.15, 0.2) is 36.4 Å². The van der Waals surface area contributed by atoms with E-state index in [1.165, 1.54) is 4.90 Å². The molecule has 174 valence electrons. The van der Waals surface area contributed by atoms with E-state index in [1.807, 2.05) is 18.2 Å². The van der Waals surface area contributed by atoms with Gasteiger partial charge in [-0.15, -0.1) is 0 Å². The molecule has 2 atom stereocenters. The van der Waals surface area contributed by atoms with Crippen LogP contribution >= 0.6 is 23.2 Å². The zero-order chi connectivity index (χ0) is 23.2. The molecule has 2 aromatic rings. The van der Waals surface area contributed by atoms with Crippen molar-refractivity contribution in [3.8, 4) is 11.5 Å². The molecule has 5 rings (SSSR count). The van der Waals surface area contributed by atoms with E-state index in [2.05, 4.69) is 10.2 Å². The summed E-state index contributed by atoms with van der Waals surface area (Å²) in [6, 6.07) is 10.7. The molecule has 3 heterocycles. The van der Waals surface area contributed by atoms with Gasteiger partial charge in [-0.2, -0.15) is 0 Å². The third kappa shape index (κ3) is 4.03. The summed E-state index contributed by atoms with van der Waals surface area (Å²) >= 11 is 12.2. The highest BCUT2D eigenvalue weighted by atomic mass is 35.5. The molecule has 2 unspecified atom stereocenters. The van der Waals surface area contributed by atoms with Crippen molar-refractivity contribution in [3.05, 3.63) is 57.6 Å². The van der Waals surface area contributed by atoms with Crippen molar-refractivity contribution in [2.45, 2.75) is 37.8 Å². The highest BCUT2D eigenvalue weighted by Crippen LogP contribution is 2.39. The topological polar surface area (TPSA) is 71.1 Å². The lowest BCUT2D eigenvalue weighted by atomic mass is 9.92. The summed E-state index contributed by atoms with van der Waals surface area (Å²) in [4.78, 5) is 29.7. The van der Waals surface area contributed by atoms with E-state index in [0.717, 1.165) is 42.9 Å². The number of rotatable bonds is 4. The summed E-state index contributed by atoms with van der Waals surface area (Å²) in [6.45, 7) is 3.96. The summed E-state index contributed by atoms with van der Waals surface area (Å²) < 4.78 is 11.6. The SMILES string of the molecule is CC1(c2ccc(Cl)c(Cl)c2)NC(=O)N(CN2CCCC2c2ccc3c(c2)OCCCO3)C1=O. The molecule has 0 bridgehead atoms. The normalized spacial score (nSPS) is 25.3. The number of hydrogen-bond donors (Lipinski definition) is 1. The summed E-state index contributed by atoms with van der Waals surface area (Å²) in [6.07, 6.45) is 2.77. The molecule has 0 aromatic heterocycles. The van der Waals surface area contributed by atoms with E-state index in [-0.39, 0.29) is 18.6 Å². The van der Waals surface area contributed by atoms with E-state index in [0.29, 0.717) is 28.8 Å². The zero-order valence-electron chi connectivity index (χ0n) is 18.3. The largest absolute Gasteiger partial charge is 0.490 e. The standard InChI is InChI=1S/C24H25Cl2N3O4/c1-24(16-6-7-17(25)18(26)13-16)22(30)29(23(31)27-24)14-28-9-2-4-19(28)15-5-8-20-21(12-15)33-11-3-10-32-20/h5-8,12-13,19H,2-4,9-11,14H2,1H3,(H,27,31). The van der Waals surface area contributed by atoms with Gasteiger partial charge in [-0.25, -0.2) is 9.69 Å². The fourth-order valence-electron chi connectivity index (χ4n) is 4.77. The summed E-state index contributed by atoms with van der Waals surface area (Å²) in [5, 5.41) is 3.58.